The molecule has 2 atom stereocenters. The van der Waals surface area contributed by atoms with Gasteiger partial charge in [0.1, 0.15) is 6.10 Å². The van der Waals surface area contributed by atoms with Gasteiger partial charge >= 0.3 is 0 Å². The highest BCUT2D eigenvalue weighted by Crippen LogP contribution is 2.11. The van der Waals surface area contributed by atoms with Crippen molar-refractivity contribution < 1.29 is 10.0 Å². The van der Waals surface area contributed by atoms with E-state index in [4.69, 9.17) is 0 Å². The highest BCUT2D eigenvalue weighted by atomic mass is 16.6. The van der Waals surface area contributed by atoms with Gasteiger partial charge in [-0.15, -0.1) is 0 Å². The number of hydrogen-bond acceptors (Lipinski definition) is 3. The summed E-state index contributed by atoms with van der Waals surface area (Å²) in [7, 11) is 0. The largest absolute Gasteiger partial charge is 0.386 e. The maximum absolute atomic E-state index is 10.4. The number of unbranched alkanes of at least 4 members (excludes halogenated alkanes) is 6. The molecule has 0 radical (unpaired) electrons. The summed E-state index contributed by atoms with van der Waals surface area (Å²) in [5.41, 5.74) is 0. The summed E-state index contributed by atoms with van der Waals surface area (Å²) < 4.78 is 0. The summed E-state index contributed by atoms with van der Waals surface area (Å²) in [6, 6.07) is -0.833. The van der Waals surface area contributed by atoms with Gasteiger partial charge in [-0.05, 0) is 6.42 Å². The average molecular weight is 231 g/mol. The molecule has 4 nitrogen and oxygen atoms in total. The second kappa shape index (κ2) is 9.58. The molecule has 0 saturated heterocycles. The zero-order valence-corrected chi connectivity index (χ0v) is 10.5. The van der Waals surface area contributed by atoms with Gasteiger partial charge in [-0.25, -0.2) is 0 Å². The Morgan fingerprint density at radius 2 is 1.62 bits per heavy atom. The highest BCUT2D eigenvalue weighted by molar-refractivity contribution is 4.62. The quantitative estimate of drug-likeness (QED) is 0.357. The van der Waals surface area contributed by atoms with E-state index in [9.17, 15) is 15.2 Å². The Morgan fingerprint density at radius 1 is 1.12 bits per heavy atom. The fraction of sp³-hybridized carbons (Fsp3) is 1.00. The smallest absolute Gasteiger partial charge is 0.235 e. The summed E-state index contributed by atoms with van der Waals surface area (Å²) in [5.74, 6) is 0. The van der Waals surface area contributed by atoms with Crippen LogP contribution in [0.1, 0.15) is 65.2 Å². The van der Waals surface area contributed by atoms with E-state index in [2.05, 4.69) is 6.92 Å². The molecule has 0 saturated carbocycles. The molecule has 0 aromatic rings. The van der Waals surface area contributed by atoms with E-state index in [1.54, 1.807) is 0 Å². The Hall–Kier alpha value is -0.640. The van der Waals surface area contributed by atoms with Crippen LogP contribution in [0, 0.1) is 10.1 Å². The van der Waals surface area contributed by atoms with E-state index < -0.39 is 17.1 Å². The van der Waals surface area contributed by atoms with E-state index in [1.165, 1.54) is 39.0 Å². The Kier molecular flexibility index (Phi) is 9.19. The molecule has 1 N–H and O–H groups in total. The molecule has 0 rings (SSSR count). The molecule has 16 heavy (non-hydrogen) atoms. The Morgan fingerprint density at radius 3 is 2.12 bits per heavy atom. The second-order valence-corrected chi connectivity index (χ2v) is 4.50. The number of rotatable bonds is 10. The molecular weight excluding hydrogens is 206 g/mol. The molecule has 0 heterocycles. The minimum Gasteiger partial charge on any atom is -0.386 e. The van der Waals surface area contributed by atoms with Crippen molar-refractivity contribution in [3.63, 3.8) is 0 Å². The molecule has 0 spiro atoms. The zero-order chi connectivity index (χ0) is 12.4. The average Bonchev–Trinajstić information content (AvgIpc) is 2.26. The van der Waals surface area contributed by atoms with Crippen molar-refractivity contribution in [3.05, 3.63) is 10.1 Å². The lowest BCUT2D eigenvalue weighted by atomic mass is 10.0. The van der Waals surface area contributed by atoms with E-state index >= 15 is 0 Å². The third-order valence-corrected chi connectivity index (χ3v) is 2.99. The molecule has 0 aliphatic carbocycles. The molecule has 4 heteroatoms. The van der Waals surface area contributed by atoms with Crippen LogP contribution in [0.3, 0.4) is 0 Å². The molecule has 0 aliphatic rings. The summed E-state index contributed by atoms with van der Waals surface area (Å²) in [6.07, 6.45) is 7.98. The first-order valence-electron chi connectivity index (χ1n) is 6.41. The van der Waals surface area contributed by atoms with Crippen molar-refractivity contribution >= 4 is 0 Å². The molecule has 0 aromatic carbocycles. The van der Waals surface area contributed by atoms with E-state index in [-0.39, 0.29) is 0 Å². The SMILES string of the molecule is CCCCCCCCC[C@H](O)[C@H](C)[N+](=O)[O-]. The van der Waals surface area contributed by atoms with Crippen LogP contribution in [-0.4, -0.2) is 22.2 Å². The minimum absolute atomic E-state index is 0.411. The lowest BCUT2D eigenvalue weighted by Gasteiger charge is -2.11. The lowest BCUT2D eigenvalue weighted by molar-refractivity contribution is -0.530. The van der Waals surface area contributed by atoms with Crippen LogP contribution < -0.4 is 0 Å². The van der Waals surface area contributed by atoms with Gasteiger partial charge in [-0.3, -0.25) is 10.1 Å². The summed E-state index contributed by atoms with van der Waals surface area (Å²) in [4.78, 5) is 9.98. The number of aliphatic hydroxyl groups is 1. The van der Waals surface area contributed by atoms with Crippen LogP contribution in [0.15, 0.2) is 0 Å². The summed E-state index contributed by atoms with van der Waals surface area (Å²) in [5, 5.41) is 19.9. The van der Waals surface area contributed by atoms with Gasteiger partial charge < -0.3 is 5.11 Å². The van der Waals surface area contributed by atoms with Crippen molar-refractivity contribution in [1.29, 1.82) is 0 Å². The number of nitro groups is 1. The van der Waals surface area contributed by atoms with E-state index in [0.717, 1.165) is 12.8 Å². The van der Waals surface area contributed by atoms with Crippen molar-refractivity contribution in [3.8, 4) is 0 Å². The second-order valence-electron chi connectivity index (χ2n) is 4.50. The first-order chi connectivity index (χ1) is 7.59. The molecule has 0 amide bonds. The maximum atomic E-state index is 10.4. The molecule has 0 fully saturated rings. The van der Waals surface area contributed by atoms with Crippen molar-refractivity contribution in [2.75, 3.05) is 0 Å². The van der Waals surface area contributed by atoms with Gasteiger partial charge in [-0.2, -0.15) is 0 Å². The van der Waals surface area contributed by atoms with Crippen LogP contribution in [0.4, 0.5) is 0 Å². The molecule has 96 valence electrons. The standard InChI is InChI=1S/C12H25NO3/c1-3-4-5-6-7-8-9-10-12(14)11(2)13(15)16/h11-12,14H,3-10H2,1-2H3/t11-,12-/m0/s1. The van der Waals surface area contributed by atoms with Crippen molar-refractivity contribution in [2.45, 2.75) is 77.4 Å². The Bertz CT molecular complexity index is 185. The molecular formula is C12H25NO3. The van der Waals surface area contributed by atoms with Gasteiger partial charge in [0, 0.05) is 11.8 Å². The minimum atomic E-state index is -0.833. The fourth-order valence-electron chi connectivity index (χ4n) is 1.69. The monoisotopic (exact) mass is 231 g/mol. The Labute approximate surface area is 98.2 Å². The molecule has 0 aromatic heterocycles. The van der Waals surface area contributed by atoms with E-state index in [1.807, 2.05) is 0 Å². The van der Waals surface area contributed by atoms with Gasteiger partial charge in [0.05, 0.1) is 0 Å². The summed E-state index contributed by atoms with van der Waals surface area (Å²) >= 11 is 0. The third kappa shape index (κ3) is 7.63. The number of hydrogen-bond donors (Lipinski definition) is 1. The van der Waals surface area contributed by atoms with Crippen LogP contribution in [-0.2, 0) is 0 Å². The first kappa shape index (κ1) is 15.4. The van der Waals surface area contributed by atoms with Gasteiger partial charge in [0.25, 0.3) is 0 Å². The van der Waals surface area contributed by atoms with Crippen LogP contribution in [0.25, 0.3) is 0 Å². The normalized spacial score (nSPS) is 14.7. The van der Waals surface area contributed by atoms with E-state index in [0.29, 0.717) is 6.42 Å². The number of nitrogens with zero attached hydrogens (tertiary/aromatic N) is 1. The molecule has 0 unspecified atom stereocenters. The lowest BCUT2D eigenvalue weighted by Crippen LogP contribution is -2.30. The predicted molar refractivity (Wildman–Crippen MR) is 65.1 cm³/mol. The summed E-state index contributed by atoms with van der Waals surface area (Å²) in [6.45, 7) is 3.65. The topological polar surface area (TPSA) is 63.4 Å². The van der Waals surface area contributed by atoms with Gasteiger partial charge in [0.15, 0.2) is 0 Å². The third-order valence-electron chi connectivity index (χ3n) is 2.99. The maximum Gasteiger partial charge on any atom is 0.235 e. The Balaban J connectivity index is 3.34. The highest BCUT2D eigenvalue weighted by Gasteiger charge is 2.23. The van der Waals surface area contributed by atoms with Gasteiger partial charge in [-0.1, -0.05) is 51.9 Å². The molecule has 0 bridgehead atoms. The molecule has 0 aliphatic heterocycles. The van der Waals surface area contributed by atoms with Crippen LogP contribution in [0.5, 0.6) is 0 Å². The van der Waals surface area contributed by atoms with Crippen molar-refractivity contribution in [2.24, 2.45) is 0 Å². The predicted octanol–water partition coefficient (Wildman–Crippen LogP) is 3.15. The van der Waals surface area contributed by atoms with Gasteiger partial charge in [0.2, 0.25) is 6.04 Å². The first-order valence-corrected chi connectivity index (χ1v) is 6.41. The number of aliphatic hydroxyl groups excluding tert-OH is 1. The zero-order valence-electron chi connectivity index (χ0n) is 10.5. The van der Waals surface area contributed by atoms with Crippen LogP contribution in [0.2, 0.25) is 0 Å². The fourth-order valence-corrected chi connectivity index (χ4v) is 1.69. The van der Waals surface area contributed by atoms with Crippen LogP contribution >= 0.6 is 0 Å². The van der Waals surface area contributed by atoms with Crippen molar-refractivity contribution in [1.82, 2.24) is 0 Å².